The lowest BCUT2D eigenvalue weighted by Gasteiger charge is -2.09. The Labute approximate surface area is 104 Å². The van der Waals surface area contributed by atoms with E-state index in [-0.39, 0.29) is 18.0 Å². The topological polar surface area (TPSA) is 81.3 Å². The van der Waals surface area contributed by atoms with Crippen molar-refractivity contribution in [3.63, 3.8) is 0 Å². The van der Waals surface area contributed by atoms with Crippen LogP contribution in [0, 0.1) is 0 Å². The minimum Gasteiger partial charge on any atom is -0.396 e. The van der Waals surface area contributed by atoms with Gasteiger partial charge in [-0.2, -0.15) is 0 Å². The summed E-state index contributed by atoms with van der Waals surface area (Å²) in [6.45, 7) is 1.87. The highest BCUT2D eigenvalue weighted by Gasteiger charge is 2.11. The van der Waals surface area contributed by atoms with E-state index in [9.17, 15) is 14.4 Å². The van der Waals surface area contributed by atoms with Crippen molar-refractivity contribution in [3.8, 4) is 0 Å². The predicted molar refractivity (Wildman–Crippen MR) is 66.9 cm³/mol. The number of unbranched alkanes of at least 4 members (excludes halogenated alkanes) is 2. The molecule has 18 heavy (non-hydrogen) atoms. The average Bonchev–Trinajstić information content (AvgIpc) is 2.33. The van der Waals surface area contributed by atoms with Crippen molar-refractivity contribution >= 4 is 5.78 Å². The molecule has 6 heteroatoms. The van der Waals surface area contributed by atoms with Crippen LogP contribution < -0.4 is 11.2 Å². The maximum Gasteiger partial charge on any atom is 0.330 e. The molecular formula is C12H18N2O4. The molecule has 1 N–H and O–H groups in total. The first-order valence-corrected chi connectivity index (χ1v) is 5.91. The third-order valence-corrected chi connectivity index (χ3v) is 2.79. The van der Waals surface area contributed by atoms with Gasteiger partial charge in [0.2, 0.25) is 0 Å². The van der Waals surface area contributed by atoms with Crippen LogP contribution in [0.1, 0.15) is 36.5 Å². The zero-order valence-corrected chi connectivity index (χ0v) is 10.7. The van der Waals surface area contributed by atoms with E-state index in [2.05, 4.69) is 0 Å². The number of carbonyl (C=O) groups is 1. The first-order valence-electron chi connectivity index (χ1n) is 5.91. The highest BCUT2D eigenvalue weighted by Crippen LogP contribution is 1.98. The second-order valence-corrected chi connectivity index (χ2v) is 4.22. The molecule has 0 saturated heterocycles. The van der Waals surface area contributed by atoms with Gasteiger partial charge in [-0.25, -0.2) is 4.79 Å². The Balaban J connectivity index is 3.02. The van der Waals surface area contributed by atoms with Crippen LogP contribution in [-0.2, 0) is 13.6 Å². The number of aryl methyl sites for hydroxylation is 1. The summed E-state index contributed by atoms with van der Waals surface area (Å²) >= 11 is 0. The molecule has 0 aliphatic heterocycles. The zero-order valence-electron chi connectivity index (χ0n) is 10.7. The smallest absolute Gasteiger partial charge is 0.330 e. The molecule has 0 bridgehead atoms. The molecule has 100 valence electrons. The van der Waals surface area contributed by atoms with E-state index in [1.54, 1.807) is 0 Å². The number of carbonyl (C=O) groups excluding carboxylic acids is 1. The second kappa shape index (κ2) is 6.30. The first-order chi connectivity index (χ1) is 8.49. The molecule has 6 nitrogen and oxygen atoms in total. The first kappa shape index (κ1) is 14.4. The molecule has 1 aromatic heterocycles. The largest absolute Gasteiger partial charge is 0.396 e. The third-order valence-electron chi connectivity index (χ3n) is 2.79. The number of aromatic nitrogens is 2. The van der Waals surface area contributed by atoms with E-state index >= 15 is 0 Å². The highest BCUT2D eigenvalue weighted by molar-refractivity contribution is 5.93. The summed E-state index contributed by atoms with van der Waals surface area (Å²) in [4.78, 5) is 34.7. The molecule has 0 radical (unpaired) electrons. The minimum atomic E-state index is -0.556. The van der Waals surface area contributed by atoms with Crippen molar-refractivity contribution in [1.82, 2.24) is 9.13 Å². The number of nitrogens with zero attached hydrogens (tertiary/aromatic N) is 2. The fourth-order valence-corrected chi connectivity index (χ4v) is 1.70. The lowest BCUT2D eigenvalue weighted by molar-refractivity contribution is 0.101. The van der Waals surface area contributed by atoms with Crippen molar-refractivity contribution in [3.05, 3.63) is 32.6 Å². The summed E-state index contributed by atoms with van der Waals surface area (Å²) in [6, 6.07) is 0. The fraction of sp³-hybridized carbons (Fsp3) is 0.583. The minimum absolute atomic E-state index is 0.0271. The predicted octanol–water partition coefficient (Wildman–Crippen LogP) is -0.0878. The van der Waals surface area contributed by atoms with Crippen LogP contribution in [0.5, 0.6) is 0 Å². The summed E-state index contributed by atoms with van der Waals surface area (Å²) in [7, 11) is 1.36. The van der Waals surface area contributed by atoms with Gasteiger partial charge in [0.05, 0.1) is 5.56 Å². The summed E-state index contributed by atoms with van der Waals surface area (Å²) in [5.41, 5.74) is -0.952. The fourth-order valence-electron chi connectivity index (χ4n) is 1.70. The van der Waals surface area contributed by atoms with E-state index in [1.165, 1.54) is 24.7 Å². The maximum atomic E-state index is 11.8. The zero-order chi connectivity index (χ0) is 13.7. The van der Waals surface area contributed by atoms with E-state index in [0.717, 1.165) is 17.4 Å². The highest BCUT2D eigenvalue weighted by atomic mass is 16.3. The maximum absolute atomic E-state index is 11.8. The Morgan fingerprint density at radius 1 is 1.28 bits per heavy atom. The van der Waals surface area contributed by atoms with Gasteiger partial charge < -0.3 is 5.11 Å². The lowest BCUT2D eigenvalue weighted by atomic mass is 10.2. The Morgan fingerprint density at radius 3 is 2.50 bits per heavy atom. The Hall–Kier alpha value is -1.69. The van der Waals surface area contributed by atoms with Crippen molar-refractivity contribution in [2.75, 3.05) is 6.61 Å². The standard InChI is InChI=1S/C12H18N2O4/c1-9(16)10-8-14(6-4-3-5-7-15)12(18)13(2)11(10)17/h8,15H,3-7H2,1-2H3. The summed E-state index contributed by atoms with van der Waals surface area (Å²) in [6.07, 6.45) is 3.52. The van der Waals surface area contributed by atoms with Crippen LogP contribution in [0.3, 0.4) is 0 Å². The van der Waals surface area contributed by atoms with Crippen LogP contribution in [-0.4, -0.2) is 26.6 Å². The van der Waals surface area contributed by atoms with Crippen molar-refractivity contribution in [2.45, 2.75) is 32.7 Å². The number of aliphatic hydroxyl groups excluding tert-OH is 1. The summed E-state index contributed by atoms with van der Waals surface area (Å²) in [5, 5.41) is 8.66. The molecule has 0 unspecified atom stereocenters. The molecule has 0 spiro atoms. The van der Waals surface area contributed by atoms with Gasteiger partial charge in [0.15, 0.2) is 5.78 Å². The van der Waals surface area contributed by atoms with Gasteiger partial charge in [-0.1, -0.05) is 0 Å². The normalized spacial score (nSPS) is 10.6. The molecule has 0 fully saturated rings. The van der Waals surface area contributed by atoms with Gasteiger partial charge in [-0.05, 0) is 26.2 Å². The summed E-state index contributed by atoms with van der Waals surface area (Å²) < 4.78 is 2.32. The van der Waals surface area contributed by atoms with E-state index in [1.807, 2.05) is 0 Å². The van der Waals surface area contributed by atoms with Gasteiger partial charge in [0.1, 0.15) is 0 Å². The van der Waals surface area contributed by atoms with Gasteiger partial charge in [-0.3, -0.25) is 18.7 Å². The van der Waals surface area contributed by atoms with Crippen LogP contribution in [0.25, 0.3) is 0 Å². The summed E-state index contributed by atoms with van der Waals surface area (Å²) in [5.74, 6) is -0.347. The molecular weight excluding hydrogens is 236 g/mol. The number of hydrogen-bond acceptors (Lipinski definition) is 4. The van der Waals surface area contributed by atoms with Crippen LogP contribution in [0.2, 0.25) is 0 Å². The molecule has 1 rings (SSSR count). The quantitative estimate of drug-likeness (QED) is 0.568. The molecule has 0 aliphatic carbocycles. The Kier molecular flexibility index (Phi) is 5.03. The number of aliphatic hydroxyl groups is 1. The van der Waals surface area contributed by atoms with Crippen LogP contribution >= 0.6 is 0 Å². The van der Waals surface area contributed by atoms with Crippen molar-refractivity contribution in [1.29, 1.82) is 0 Å². The molecule has 1 heterocycles. The lowest BCUT2D eigenvalue weighted by Crippen LogP contribution is -2.40. The monoisotopic (exact) mass is 254 g/mol. The second-order valence-electron chi connectivity index (χ2n) is 4.22. The molecule has 0 aromatic carbocycles. The SMILES string of the molecule is CC(=O)c1cn(CCCCCO)c(=O)n(C)c1=O. The van der Waals surface area contributed by atoms with Gasteiger partial charge in [0, 0.05) is 26.4 Å². The van der Waals surface area contributed by atoms with Crippen molar-refractivity contribution < 1.29 is 9.90 Å². The number of Topliss-reactive ketones (excluding diaryl/α,β-unsaturated/α-hetero) is 1. The van der Waals surface area contributed by atoms with Gasteiger partial charge in [0.25, 0.3) is 5.56 Å². The Bertz CT molecular complexity index is 542. The molecule has 1 aromatic rings. The van der Waals surface area contributed by atoms with Gasteiger partial charge >= 0.3 is 5.69 Å². The van der Waals surface area contributed by atoms with E-state index in [0.29, 0.717) is 13.0 Å². The van der Waals surface area contributed by atoms with E-state index < -0.39 is 11.2 Å². The third kappa shape index (κ3) is 3.16. The molecule has 0 atom stereocenters. The van der Waals surface area contributed by atoms with Crippen LogP contribution in [0.15, 0.2) is 15.8 Å². The van der Waals surface area contributed by atoms with Gasteiger partial charge in [-0.15, -0.1) is 0 Å². The molecule has 0 aliphatic rings. The number of ketones is 1. The molecule has 0 amide bonds. The Morgan fingerprint density at radius 2 is 1.94 bits per heavy atom. The van der Waals surface area contributed by atoms with E-state index in [4.69, 9.17) is 5.11 Å². The number of rotatable bonds is 6. The van der Waals surface area contributed by atoms with Crippen LogP contribution in [0.4, 0.5) is 0 Å². The average molecular weight is 254 g/mol. The number of hydrogen-bond donors (Lipinski definition) is 1. The van der Waals surface area contributed by atoms with Crippen molar-refractivity contribution in [2.24, 2.45) is 7.05 Å². The molecule has 0 saturated carbocycles.